The summed E-state index contributed by atoms with van der Waals surface area (Å²) in [6.07, 6.45) is 1.48. The fourth-order valence-corrected chi connectivity index (χ4v) is 2.09. The third-order valence-corrected chi connectivity index (χ3v) is 3.09. The Hall–Kier alpha value is -2.53. The zero-order valence-electron chi connectivity index (χ0n) is 11.2. The highest BCUT2D eigenvalue weighted by Crippen LogP contribution is 2.21. The molecule has 1 heterocycles. The van der Waals surface area contributed by atoms with E-state index in [1.807, 2.05) is 12.1 Å². The molecule has 0 atom stereocenters. The van der Waals surface area contributed by atoms with Crippen molar-refractivity contribution in [2.45, 2.75) is 0 Å². The van der Waals surface area contributed by atoms with Gasteiger partial charge < -0.3 is 5.32 Å². The van der Waals surface area contributed by atoms with Crippen molar-refractivity contribution in [3.63, 3.8) is 0 Å². The van der Waals surface area contributed by atoms with Crippen LogP contribution in [-0.4, -0.2) is 10.9 Å². The number of carbonyl (C=O) groups is 1. The zero-order valence-corrected chi connectivity index (χ0v) is 12.0. The van der Waals surface area contributed by atoms with E-state index in [9.17, 15) is 13.6 Å². The minimum Gasteiger partial charge on any atom is -0.316 e. The molecule has 6 heteroatoms. The number of nitrogens with zero attached hydrogens (tertiary/aromatic N) is 1. The van der Waals surface area contributed by atoms with E-state index in [2.05, 4.69) is 10.3 Å². The first-order chi connectivity index (χ1) is 10.2. The van der Waals surface area contributed by atoms with Gasteiger partial charge in [-0.25, -0.2) is 8.78 Å². The van der Waals surface area contributed by atoms with Crippen molar-refractivity contribution in [2.24, 2.45) is 0 Å². The average Bonchev–Trinajstić information content (AvgIpc) is 2.50. The summed E-state index contributed by atoms with van der Waals surface area (Å²) in [5, 5.41) is 3.68. The fraction of sp³-hybridized carbons (Fsp3) is 0. The standard InChI is InChI=1S/C16H10F2N2O.ClH/c17-12-6-3-7-13(18)15(12)20-16(21)14-11-5-2-1-4-10(11)8-9-19-14;/h1-9H,(H,20,21);1H. The summed E-state index contributed by atoms with van der Waals surface area (Å²) in [4.78, 5) is 16.2. The van der Waals surface area contributed by atoms with Gasteiger partial charge in [0, 0.05) is 11.6 Å². The highest BCUT2D eigenvalue weighted by Gasteiger charge is 2.16. The van der Waals surface area contributed by atoms with Gasteiger partial charge in [0.25, 0.3) is 5.91 Å². The molecule has 0 bridgehead atoms. The Morgan fingerprint density at radius 2 is 1.64 bits per heavy atom. The van der Waals surface area contributed by atoms with Crippen LogP contribution in [0.2, 0.25) is 0 Å². The lowest BCUT2D eigenvalue weighted by molar-refractivity contribution is 0.102. The van der Waals surface area contributed by atoms with Crippen LogP contribution < -0.4 is 5.32 Å². The van der Waals surface area contributed by atoms with Crippen LogP contribution in [0.15, 0.2) is 54.7 Å². The van der Waals surface area contributed by atoms with Crippen LogP contribution >= 0.6 is 12.4 Å². The number of hydrogen-bond donors (Lipinski definition) is 1. The van der Waals surface area contributed by atoms with Crippen LogP contribution in [0.3, 0.4) is 0 Å². The molecule has 0 aliphatic rings. The van der Waals surface area contributed by atoms with Crippen LogP contribution in [-0.2, 0) is 0 Å². The number of benzene rings is 2. The maximum Gasteiger partial charge on any atom is 0.275 e. The molecule has 0 saturated carbocycles. The van der Waals surface area contributed by atoms with Crippen LogP contribution in [0.1, 0.15) is 10.5 Å². The van der Waals surface area contributed by atoms with Crippen molar-refractivity contribution >= 4 is 34.8 Å². The molecule has 0 spiro atoms. The predicted molar refractivity (Wildman–Crippen MR) is 83.3 cm³/mol. The molecule has 0 unspecified atom stereocenters. The lowest BCUT2D eigenvalue weighted by Gasteiger charge is -2.08. The number of rotatable bonds is 2. The van der Waals surface area contributed by atoms with Gasteiger partial charge in [0.2, 0.25) is 0 Å². The number of fused-ring (bicyclic) bond motifs is 1. The number of para-hydroxylation sites is 1. The number of hydrogen-bond acceptors (Lipinski definition) is 2. The third kappa shape index (κ3) is 2.89. The normalized spacial score (nSPS) is 10.1. The van der Waals surface area contributed by atoms with Crippen molar-refractivity contribution in [1.29, 1.82) is 0 Å². The number of aromatic nitrogens is 1. The van der Waals surface area contributed by atoms with Crippen LogP contribution in [0.25, 0.3) is 10.8 Å². The highest BCUT2D eigenvalue weighted by molar-refractivity contribution is 6.11. The van der Waals surface area contributed by atoms with E-state index in [1.165, 1.54) is 12.3 Å². The first kappa shape index (κ1) is 15.9. The minimum atomic E-state index is -0.830. The quantitative estimate of drug-likeness (QED) is 0.769. The van der Waals surface area contributed by atoms with Gasteiger partial charge in [-0.2, -0.15) is 0 Å². The predicted octanol–water partition coefficient (Wildman–Crippen LogP) is 4.19. The topological polar surface area (TPSA) is 42.0 Å². The summed E-state index contributed by atoms with van der Waals surface area (Å²) in [6, 6.07) is 12.3. The lowest BCUT2D eigenvalue weighted by Crippen LogP contribution is -2.16. The molecule has 2 aromatic carbocycles. The first-order valence-corrected chi connectivity index (χ1v) is 6.26. The molecule has 0 saturated heterocycles. The molecule has 1 aromatic heterocycles. The number of halogens is 3. The van der Waals surface area contributed by atoms with Gasteiger partial charge in [0.15, 0.2) is 0 Å². The van der Waals surface area contributed by atoms with Gasteiger partial charge in [-0.15, -0.1) is 12.4 Å². The Kier molecular flexibility index (Phi) is 4.68. The molecule has 0 aliphatic heterocycles. The molecule has 0 fully saturated rings. The van der Waals surface area contributed by atoms with Crippen molar-refractivity contribution < 1.29 is 13.6 Å². The second kappa shape index (κ2) is 6.49. The maximum atomic E-state index is 13.6. The Bertz CT molecular complexity index is 814. The van der Waals surface area contributed by atoms with Gasteiger partial charge in [0.05, 0.1) is 0 Å². The molecule has 1 N–H and O–H groups in total. The van der Waals surface area contributed by atoms with Crippen LogP contribution in [0.5, 0.6) is 0 Å². The summed E-state index contributed by atoms with van der Waals surface area (Å²) >= 11 is 0. The summed E-state index contributed by atoms with van der Waals surface area (Å²) in [6.45, 7) is 0. The van der Waals surface area contributed by atoms with Crippen molar-refractivity contribution in [3.8, 4) is 0 Å². The second-order valence-corrected chi connectivity index (χ2v) is 4.43. The van der Waals surface area contributed by atoms with E-state index in [-0.39, 0.29) is 18.1 Å². The number of amides is 1. The third-order valence-electron chi connectivity index (χ3n) is 3.09. The Labute approximate surface area is 131 Å². The van der Waals surface area contributed by atoms with Gasteiger partial charge in [0.1, 0.15) is 23.0 Å². The number of pyridine rings is 1. The van der Waals surface area contributed by atoms with Crippen LogP contribution in [0, 0.1) is 11.6 Å². The summed E-state index contributed by atoms with van der Waals surface area (Å²) in [7, 11) is 0. The second-order valence-electron chi connectivity index (χ2n) is 4.43. The largest absolute Gasteiger partial charge is 0.316 e. The summed E-state index contributed by atoms with van der Waals surface area (Å²) in [5.74, 6) is -2.32. The number of nitrogens with one attached hydrogen (secondary N) is 1. The Morgan fingerprint density at radius 3 is 2.36 bits per heavy atom. The summed E-state index contributed by atoms with van der Waals surface area (Å²) < 4.78 is 27.1. The highest BCUT2D eigenvalue weighted by atomic mass is 35.5. The molecule has 1 amide bonds. The first-order valence-electron chi connectivity index (χ1n) is 6.26. The molecule has 3 rings (SSSR count). The molecule has 0 aliphatic carbocycles. The van der Waals surface area contributed by atoms with Gasteiger partial charge in [-0.05, 0) is 23.6 Å². The van der Waals surface area contributed by atoms with E-state index < -0.39 is 23.2 Å². The van der Waals surface area contributed by atoms with E-state index in [4.69, 9.17) is 0 Å². The fourth-order valence-electron chi connectivity index (χ4n) is 2.09. The summed E-state index contributed by atoms with van der Waals surface area (Å²) in [5.41, 5.74) is -0.354. The van der Waals surface area contributed by atoms with E-state index in [1.54, 1.807) is 18.2 Å². The molecule has 22 heavy (non-hydrogen) atoms. The van der Waals surface area contributed by atoms with Crippen molar-refractivity contribution in [2.75, 3.05) is 5.32 Å². The molecular formula is C16H11ClF2N2O. The van der Waals surface area contributed by atoms with Crippen LogP contribution in [0.4, 0.5) is 14.5 Å². The van der Waals surface area contributed by atoms with Gasteiger partial charge in [-0.1, -0.05) is 30.3 Å². The molecule has 112 valence electrons. The number of anilines is 1. The maximum absolute atomic E-state index is 13.6. The van der Waals surface area contributed by atoms with E-state index >= 15 is 0 Å². The smallest absolute Gasteiger partial charge is 0.275 e. The van der Waals surface area contributed by atoms with Gasteiger partial charge >= 0.3 is 0 Å². The molecule has 3 nitrogen and oxygen atoms in total. The Balaban J connectivity index is 0.00000176. The van der Waals surface area contributed by atoms with Crippen molar-refractivity contribution in [3.05, 3.63) is 72.1 Å². The molecular weight excluding hydrogens is 310 g/mol. The molecule has 0 radical (unpaired) electrons. The minimum absolute atomic E-state index is 0. The zero-order chi connectivity index (χ0) is 14.8. The van der Waals surface area contributed by atoms with Gasteiger partial charge in [-0.3, -0.25) is 9.78 Å². The van der Waals surface area contributed by atoms with Crippen molar-refractivity contribution in [1.82, 2.24) is 4.98 Å². The lowest BCUT2D eigenvalue weighted by atomic mass is 10.1. The average molecular weight is 321 g/mol. The Morgan fingerprint density at radius 1 is 0.955 bits per heavy atom. The molecule has 3 aromatic rings. The van der Waals surface area contributed by atoms with E-state index in [0.717, 1.165) is 17.5 Å². The van der Waals surface area contributed by atoms with E-state index in [0.29, 0.717) is 5.39 Å². The number of carbonyl (C=O) groups excluding carboxylic acids is 1. The SMILES string of the molecule is Cl.O=C(Nc1c(F)cccc1F)c1nccc2ccccc12. The monoisotopic (exact) mass is 320 g/mol.